The first kappa shape index (κ1) is 19.2. The Morgan fingerprint density at radius 1 is 1.25 bits per heavy atom. The zero-order chi connectivity index (χ0) is 19.6. The van der Waals surface area contributed by atoms with Gasteiger partial charge in [0.05, 0.1) is 24.5 Å². The molecule has 0 bridgehead atoms. The van der Waals surface area contributed by atoms with E-state index in [4.69, 9.17) is 4.74 Å². The molecule has 1 saturated heterocycles. The van der Waals surface area contributed by atoms with Crippen LogP contribution in [0.3, 0.4) is 0 Å². The number of hydrogen-bond acceptors (Lipinski definition) is 5. The minimum atomic E-state index is -4.46. The van der Waals surface area contributed by atoms with Crippen molar-refractivity contribution in [2.75, 3.05) is 57.8 Å². The molecular formula is C19H24F3N5O. The van der Waals surface area contributed by atoms with Crippen LogP contribution in [0.5, 0.6) is 0 Å². The number of ether oxygens (including phenoxy) is 1. The fourth-order valence-corrected chi connectivity index (χ4v) is 3.68. The van der Waals surface area contributed by atoms with Crippen LogP contribution in [0.2, 0.25) is 0 Å². The third kappa shape index (κ3) is 4.16. The monoisotopic (exact) mass is 395 g/mol. The third-order valence-electron chi connectivity index (χ3n) is 5.21. The predicted octanol–water partition coefficient (Wildman–Crippen LogP) is 2.70. The number of halogens is 3. The number of pyridine rings is 1. The van der Waals surface area contributed by atoms with Crippen LogP contribution in [-0.2, 0) is 10.9 Å². The van der Waals surface area contributed by atoms with Gasteiger partial charge < -0.3 is 20.4 Å². The molecule has 6 nitrogen and oxygen atoms in total. The Morgan fingerprint density at radius 3 is 2.79 bits per heavy atom. The van der Waals surface area contributed by atoms with Crippen molar-refractivity contribution in [3.05, 3.63) is 29.6 Å². The average Bonchev–Trinajstić information content (AvgIpc) is 3.13. The van der Waals surface area contributed by atoms with Crippen LogP contribution in [-0.4, -0.2) is 67.4 Å². The van der Waals surface area contributed by atoms with Gasteiger partial charge in [-0.25, -0.2) is 4.98 Å². The molecule has 0 saturated carbocycles. The van der Waals surface area contributed by atoms with E-state index in [9.17, 15) is 13.2 Å². The molecule has 0 aliphatic carbocycles. The number of hydrogen-bond donors (Lipinski definition) is 3. The number of nitrogens with zero attached hydrogens (tertiary/aromatic N) is 2. The molecule has 4 heterocycles. The summed E-state index contributed by atoms with van der Waals surface area (Å²) in [6.45, 7) is 5.64. The first-order valence-electron chi connectivity index (χ1n) is 9.55. The van der Waals surface area contributed by atoms with Gasteiger partial charge in [-0.3, -0.25) is 4.90 Å². The lowest BCUT2D eigenvalue weighted by atomic mass is 10.1. The van der Waals surface area contributed by atoms with Crippen LogP contribution < -0.4 is 10.6 Å². The highest BCUT2D eigenvalue weighted by atomic mass is 19.4. The summed E-state index contributed by atoms with van der Waals surface area (Å²) in [5.74, 6) is 0. The molecule has 0 radical (unpaired) electrons. The topological polar surface area (TPSA) is 65.2 Å². The molecule has 2 aliphatic rings. The predicted molar refractivity (Wildman–Crippen MR) is 102 cm³/mol. The van der Waals surface area contributed by atoms with Gasteiger partial charge in [-0.2, -0.15) is 13.2 Å². The van der Waals surface area contributed by atoms with Crippen molar-refractivity contribution in [2.45, 2.75) is 12.6 Å². The van der Waals surface area contributed by atoms with Crippen LogP contribution in [0.15, 0.2) is 18.3 Å². The molecule has 0 spiro atoms. The first-order valence-corrected chi connectivity index (χ1v) is 9.55. The van der Waals surface area contributed by atoms with Crippen LogP contribution >= 0.6 is 0 Å². The molecule has 0 aromatic carbocycles. The van der Waals surface area contributed by atoms with E-state index < -0.39 is 11.7 Å². The van der Waals surface area contributed by atoms with E-state index in [1.54, 1.807) is 6.07 Å². The Morgan fingerprint density at radius 2 is 2.07 bits per heavy atom. The Balaban J connectivity index is 1.62. The average molecular weight is 395 g/mol. The maximum Gasteiger partial charge on any atom is 0.419 e. The summed E-state index contributed by atoms with van der Waals surface area (Å²) >= 11 is 0. The number of alkyl halides is 3. The van der Waals surface area contributed by atoms with Crippen LogP contribution in [0, 0.1) is 0 Å². The highest BCUT2D eigenvalue weighted by Gasteiger charge is 2.35. The van der Waals surface area contributed by atoms with Crippen molar-refractivity contribution < 1.29 is 17.9 Å². The summed E-state index contributed by atoms with van der Waals surface area (Å²) in [7, 11) is 0. The molecule has 4 rings (SSSR count). The molecule has 2 aromatic rings. The van der Waals surface area contributed by atoms with Crippen LogP contribution in [0.25, 0.3) is 16.6 Å². The highest BCUT2D eigenvalue weighted by molar-refractivity contribution is 5.94. The Hall–Kier alpha value is -2.10. The van der Waals surface area contributed by atoms with Gasteiger partial charge in [0.2, 0.25) is 0 Å². The number of anilines is 1. The molecule has 2 aliphatic heterocycles. The van der Waals surface area contributed by atoms with Gasteiger partial charge in [0.25, 0.3) is 0 Å². The fourth-order valence-electron chi connectivity index (χ4n) is 3.68. The molecule has 28 heavy (non-hydrogen) atoms. The second kappa shape index (κ2) is 8.10. The van der Waals surface area contributed by atoms with Crippen LogP contribution in [0.4, 0.5) is 18.9 Å². The number of morpholine rings is 1. The number of nitrogens with one attached hydrogen (secondary N) is 3. The number of aromatic amines is 1. The maximum atomic E-state index is 13.6. The summed E-state index contributed by atoms with van der Waals surface area (Å²) in [6, 6.07) is 1.78. The van der Waals surface area contributed by atoms with E-state index in [-0.39, 0.29) is 5.69 Å². The lowest BCUT2D eigenvalue weighted by molar-refractivity contribution is -0.137. The van der Waals surface area contributed by atoms with E-state index in [1.807, 2.05) is 0 Å². The lowest BCUT2D eigenvalue weighted by Gasteiger charge is -2.27. The Kier molecular flexibility index (Phi) is 5.56. The van der Waals surface area contributed by atoms with Gasteiger partial charge in [-0.1, -0.05) is 6.08 Å². The zero-order valence-electron chi connectivity index (χ0n) is 15.5. The van der Waals surface area contributed by atoms with E-state index in [1.165, 1.54) is 0 Å². The van der Waals surface area contributed by atoms with Gasteiger partial charge in [-0.15, -0.1) is 0 Å². The lowest BCUT2D eigenvalue weighted by Crippen LogP contribution is -2.39. The van der Waals surface area contributed by atoms with E-state index in [0.717, 1.165) is 50.1 Å². The molecule has 0 unspecified atom stereocenters. The molecule has 3 N–H and O–H groups in total. The van der Waals surface area contributed by atoms with Gasteiger partial charge in [-0.05, 0) is 24.6 Å². The smallest absolute Gasteiger partial charge is 0.383 e. The number of rotatable bonds is 5. The van der Waals surface area contributed by atoms with Crippen LogP contribution in [0.1, 0.15) is 17.7 Å². The van der Waals surface area contributed by atoms with Crippen molar-refractivity contribution in [3.63, 3.8) is 0 Å². The van der Waals surface area contributed by atoms with Crippen molar-refractivity contribution >= 4 is 22.3 Å². The van der Waals surface area contributed by atoms with E-state index in [0.29, 0.717) is 37.3 Å². The minimum Gasteiger partial charge on any atom is -0.383 e. The summed E-state index contributed by atoms with van der Waals surface area (Å²) in [4.78, 5) is 9.40. The molecule has 0 atom stereocenters. The van der Waals surface area contributed by atoms with Gasteiger partial charge >= 0.3 is 6.18 Å². The standard InChI is InChI=1S/C19H24F3N5O/c20-19(21,22)15-12-25-18-14(11-16(26-18)13-1-3-23-4-2-13)17(15)24-5-6-27-7-9-28-10-8-27/h1,11-12,23H,2-10H2,(H2,24,25,26). The summed E-state index contributed by atoms with van der Waals surface area (Å²) in [5, 5.41) is 6.75. The normalized spacial score (nSPS) is 19.0. The Bertz CT molecular complexity index is 855. The number of fused-ring (bicyclic) bond motifs is 1. The second-order valence-corrected chi connectivity index (χ2v) is 7.05. The van der Waals surface area contributed by atoms with Crippen molar-refractivity contribution in [1.82, 2.24) is 20.2 Å². The van der Waals surface area contributed by atoms with Gasteiger partial charge in [0.1, 0.15) is 5.65 Å². The molecule has 2 aromatic heterocycles. The fraction of sp³-hybridized carbons (Fsp3) is 0.526. The molecule has 152 valence electrons. The molecule has 0 amide bonds. The Labute approximate surface area is 161 Å². The van der Waals surface area contributed by atoms with Crippen molar-refractivity contribution in [1.29, 1.82) is 0 Å². The summed E-state index contributed by atoms with van der Waals surface area (Å²) in [5.41, 5.74) is 1.77. The summed E-state index contributed by atoms with van der Waals surface area (Å²) < 4.78 is 46.1. The largest absolute Gasteiger partial charge is 0.419 e. The maximum absolute atomic E-state index is 13.6. The van der Waals surface area contributed by atoms with E-state index in [2.05, 4.69) is 31.6 Å². The SMILES string of the molecule is FC(F)(F)c1cnc2[nH]c(C3=CCNCC3)cc2c1NCCN1CCOCC1. The third-order valence-corrected chi connectivity index (χ3v) is 5.21. The summed E-state index contributed by atoms with van der Waals surface area (Å²) in [6.07, 6.45) is -0.659. The minimum absolute atomic E-state index is 0.0998. The zero-order valence-corrected chi connectivity index (χ0v) is 15.5. The first-order chi connectivity index (χ1) is 13.5. The van der Waals surface area contributed by atoms with Gasteiger partial charge in [0.15, 0.2) is 0 Å². The number of aromatic nitrogens is 2. The molecule has 9 heteroatoms. The molecule has 1 fully saturated rings. The second-order valence-electron chi connectivity index (χ2n) is 7.05. The van der Waals surface area contributed by atoms with Gasteiger partial charge in [0, 0.05) is 50.0 Å². The quantitative estimate of drug-likeness (QED) is 0.727. The van der Waals surface area contributed by atoms with Crippen molar-refractivity contribution in [2.24, 2.45) is 0 Å². The number of H-pyrrole nitrogens is 1. The van der Waals surface area contributed by atoms with Crippen molar-refractivity contribution in [3.8, 4) is 0 Å². The van der Waals surface area contributed by atoms with E-state index >= 15 is 0 Å². The molecular weight excluding hydrogens is 371 g/mol. The highest BCUT2D eigenvalue weighted by Crippen LogP contribution is 2.39.